The van der Waals surface area contributed by atoms with Gasteiger partial charge in [0, 0.05) is 11.5 Å². The highest BCUT2D eigenvalue weighted by Crippen LogP contribution is 2.40. The SMILES string of the molecule is CC(C)(C)C1=NO[C@H]2CC[C@H](NS(=O)(=O)C(F)(F)F)[C@@H]12. The summed E-state index contributed by atoms with van der Waals surface area (Å²) in [6.07, 6.45) is 0.448. The number of alkyl halides is 3. The third kappa shape index (κ3) is 2.65. The molecule has 0 radical (unpaired) electrons. The molecule has 0 aromatic carbocycles. The van der Waals surface area contributed by atoms with Gasteiger partial charge in [-0.25, -0.2) is 13.1 Å². The minimum absolute atomic E-state index is 0.305. The molecule has 0 unspecified atom stereocenters. The van der Waals surface area contributed by atoms with Crippen LogP contribution in [0.25, 0.3) is 0 Å². The van der Waals surface area contributed by atoms with Crippen LogP contribution in [-0.2, 0) is 14.9 Å². The standard InChI is InChI=1S/C11H17F3N2O3S/c1-10(2,3)9-8-6(4-5-7(8)19-15-9)16-20(17,18)11(12,13)14/h6-8,16H,4-5H2,1-3H3/t6-,7-,8+/m0/s1. The normalized spacial score (nSPS) is 30.9. The topological polar surface area (TPSA) is 67.8 Å². The van der Waals surface area contributed by atoms with Crippen LogP contribution in [0.4, 0.5) is 13.2 Å². The van der Waals surface area contributed by atoms with Crippen LogP contribution in [0.15, 0.2) is 5.16 Å². The Kier molecular flexibility index (Phi) is 3.57. The smallest absolute Gasteiger partial charge is 0.392 e. The van der Waals surface area contributed by atoms with E-state index in [0.29, 0.717) is 18.6 Å². The molecule has 1 aliphatic carbocycles. The van der Waals surface area contributed by atoms with Crippen LogP contribution in [0.1, 0.15) is 33.6 Å². The van der Waals surface area contributed by atoms with Gasteiger partial charge in [-0.3, -0.25) is 0 Å². The third-order valence-electron chi connectivity index (χ3n) is 3.58. The molecule has 0 aromatic heterocycles. The van der Waals surface area contributed by atoms with Crippen LogP contribution in [0, 0.1) is 11.3 Å². The fourth-order valence-corrected chi connectivity index (χ4v) is 3.46. The molecule has 1 aliphatic heterocycles. The molecule has 0 aromatic rings. The number of hydrogen-bond acceptors (Lipinski definition) is 4. The van der Waals surface area contributed by atoms with Gasteiger partial charge in [0.15, 0.2) is 0 Å². The van der Waals surface area contributed by atoms with E-state index in [2.05, 4.69) is 5.16 Å². The van der Waals surface area contributed by atoms with Crippen molar-refractivity contribution in [1.82, 2.24) is 4.72 Å². The first-order valence-corrected chi connectivity index (χ1v) is 7.74. The van der Waals surface area contributed by atoms with E-state index in [9.17, 15) is 21.6 Å². The minimum Gasteiger partial charge on any atom is -0.392 e. The molecule has 0 bridgehead atoms. The van der Waals surface area contributed by atoms with Crippen molar-refractivity contribution in [2.75, 3.05) is 0 Å². The van der Waals surface area contributed by atoms with Crippen molar-refractivity contribution < 1.29 is 26.4 Å². The van der Waals surface area contributed by atoms with Crippen molar-refractivity contribution >= 4 is 15.7 Å². The van der Waals surface area contributed by atoms with Crippen molar-refractivity contribution in [2.45, 2.75) is 51.3 Å². The Morgan fingerprint density at radius 1 is 1.25 bits per heavy atom. The lowest BCUT2D eigenvalue weighted by Crippen LogP contribution is -2.48. The predicted molar refractivity (Wildman–Crippen MR) is 66.4 cm³/mol. The Labute approximate surface area is 115 Å². The average Bonchev–Trinajstić information content (AvgIpc) is 2.77. The molecule has 1 saturated carbocycles. The van der Waals surface area contributed by atoms with Gasteiger partial charge in [0.1, 0.15) is 6.10 Å². The lowest BCUT2D eigenvalue weighted by atomic mass is 9.80. The molecule has 0 amide bonds. The molecule has 0 spiro atoms. The van der Waals surface area contributed by atoms with Crippen LogP contribution < -0.4 is 4.72 Å². The molecular formula is C11H17F3N2O3S. The summed E-state index contributed by atoms with van der Waals surface area (Å²) in [6.45, 7) is 5.60. The fraction of sp³-hybridized carbons (Fsp3) is 0.909. The number of halogens is 3. The van der Waals surface area contributed by atoms with Gasteiger partial charge in [0.05, 0.1) is 11.6 Å². The lowest BCUT2D eigenvalue weighted by Gasteiger charge is -2.27. The number of nitrogens with one attached hydrogen (secondary N) is 1. The number of oxime groups is 1. The molecule has 1 N–H and O–H groups in total. The zero-order chi connectivity index (χ0) is 15.3. The van der Waals surface area contributed by atoms with E-state index in [4.69, 9.17) is 4.84 Å². The van der Waals surface area contributed by atoms with Gasteiger partial charge in [-0.15, -0.1) is 0 Å². The first-order chi connectivity index (χ1) is 8.93. The van der Waals surface area contributed by atoms with Gasteiger partial charge >= 0.3 is 15.5 Å². The van der Waals surface area contributed by atoms with Gasteiger partial charge in [0.2, 0.25) is 0 Å². The van der Waals surface area contributed by atoms with Gasteiger partial charge < -0.3 is 4.84 Å². The molecule has 116 valence electrons. The third-order valence-corrected chi connectivity index (χ3v) is 4.80. The maximum Gasteiger partial charge on any atom is 0.511 e. The Morgan fingerprint density at radius 3 is 2.35 bits per heavy atom. The lowest BCUT2D eigenvalue weighted by molar-refractivity contribution is -0.0452. The van der Waals surface area contributed by atoms with E-state index in [1.165, 1.54) is 0 Å². The highest BCUT2D eigenvalue weighted by molar-refractivity contribution is 7.90. The Hall–Kier alpha value is -0.830. The summed E-state index contributed by atoms with van der Waals surface area (Å²) in [4.78, 5) is 5.22. The van der Waals surface area contributed by atoms with Crippen LogP contribution in [0.2, 0.25) is 0 Å². The number of nitrogens with zero attached hydrogens (tertiary/aromatic N) is 1. The largest absolute Gasteiger partial charge is 0.511 e. The van der Waals surface area contributed by atoms with Gasteiger partial charge in [0.25, 0.3) is 0 Å². The van der Waals surface area contributed by atoms with E-state index < -0.39 is 27.5 Å². The van der Waals surface area contributed by atoms with Crippen LogP contribution in [0.5, 0.6) is 0 Å². The molecule has 2 aliphatic rings. The van der Waals surface area contributed by atoms with Crippen molar-refractivity contribution in [2.24, 2.45) is 16.5 Å². The van der Waals surface area contributed by atoms with Crippen molar-refractivity contribution in [3.05, 3.63) is 0 Å². The van der Waals surface area contributed by atoms with Crippen molar-refractivity contribution in [1.29, 1.82) is 0 Å². The van der Waals surface area contributed by atoms with E-state index in [0.717, 1.165) is 0 Å². The van der Waals surface area contributed by atoms with Gasteiger partial charge in [-0.1, -0.05) is 25.9 Å². The summed E-state index contributed by atoms with van der Waals surface area (Å²) < 4.78 is 61.6. The second-order valence-corrected chi connectivity index (χ2v) is 7.85. The Balaban J connectivity index is 2.21. The molecule has 3 atom stereocenters. The van der Waals surface area contributed by atoms with Gasteiger partial charge in [-0.05, 0) is 12.8 Å². The second kappa shape index (κ2) is 4.59. The first kappa shape index (κ1) is 15.6. The summed E-state index contributed by atoms with van der Waals surface area (Å²) in [5, 5.41) is 3.93. The summed E-state index contributed by atoms with van der Waals surface area (Å²) in [5.74, 6) is -0.438. The van der Waals surface area contributed by atoms with E-state index in [-0.39, 0.29) is 11.5 Å². The van der Waals surface area contributed by atoms with Crippen molar-refractivity contribution in [3.8, 4) is 0 Å². The highest BCUT2D eigenvalue weighted by Gasteiger charge is 2.53. The molecular weight excluding hydrogens is 297 g/mol. The second-order valence-electron chi connectivity index (χ2n) is 6.15. The fourth-order valence-electron chi connectivity index (χ4n) is 2.67. The monoisotopic (exact) mass is 314 g/mol. The Bertz CT molecular complexity index is 522. The maximum absolute atomic E-state index is 12.4. The molecule has 0 saturated heterocycles. The van der Waals surface area contributed by atoms with E-state index in [1.807, 2.05) is 20.8 Å². The molecule has 1 fully saturated rings. The zero-order valence-electron chi connectivity index (χ0n) is 11.4. The Morgan fingerprint density at radius 2 is 1.85 bits per heavy atom. The molecule has 9 heteroatoms. The molecule has 20 heavy (non-hydrogen) atoms. The quantitative estimate of drug-likeness (QED) is 0.848. The first-order valence-electron chi connectivity index (χ1n) is 6.26. The molecule has 2 rings (SSSR count). The number of fused-ring (bicyclic) bond motifs is 1. The molecule has 1 heterocycles. The maximum atomic E-state index is 12.4. The van der Waals surface area contributed by atoms with Crippen LogP contribution in [0.3, 0.4) is 0 Å². The number of sulfonamides is 1. The van der Waals surface area contributed by atoms with Crippen LogP contribution >= 0.6 is 0 Å². The summed E-state index contributed by atoms with van der Waals surface area (Å²) in [6, 6.07) is -0.827. The minimum atomic E-state index is -5.35. The van der Waals surface area contributed by atoms with E-state index in [1.54, 1.807) is 4.72 Å². The van der Waals surface area contributed by atoms with Crippen LogP contribution in [-0.4, -0.2) is 31.8 Å². The summed E-state index contributed by atoms with van der Waals surface area (Å²) >= 11 is 0. The summed E-state index contributed by atoms with van der Waals surface area (Å²) in [5.41, 5.74) is -5.08. The number of hydrogen-bond donors (Lipinski definition) is 1. The number of rotatable bonds is 2. The highest BCUT2D eigenvalue weighted by atomic mass is 32.2. The van der Waals surface area contributed by atoms with Gasteiger partial charge in [-0.2, -0.15) is 13.2 Å². The molecule has 5 nitrogen and oxygen atoms in total. The average molecular weight is 314 g/mol. The predicted octanol–water partition coefficient (Wildman–Crippen LogP) is 2.01. The summed E-state index contributed by atoms with van der Waals surface area (Å²) in [7, 11) is -5.35. The van der Waals surface area contributed by atoms with Crippen molar-refractivity contribution in [3.63, 3.8) is 0 Å². The zero-order valence-corrected chi connectivity index (χ0v) is 12.2. The van der Waals surface area contributed by atoms with E-state index >= 15 is 0 Å².